The van der Waals surface area contributed by atoms with Gasteiger partial charge in [-0.15, -0.1) is 0 Å². The molecule has 0 fully saturated rings. The number of hydrogen-bond acceptors (Lipinski definition) is 2. The number of Topliss-reactive ketones (excluding diaryl/α,β-unsaturated/α-hetero) is 1. The van der Waals surface area contributed by atoms with Crippen molar-refractivity contribution < 1.29 is 9.53 Å². The molecule has 0 aliphatic carbocycles. The van der Waals surface area contributed by atoms with E-state index < -0.39 is 0 Å². The van der Waals surface area contributed by atoms with E-state index in [0.29, 0.717) is 12.3 Å². The molecule has 0 spiro atoms. The number of ketones is 1. The van der Waals surface area contributed by atoms with E-state index in [9.17, 15) is 4.79 Å². The molecule has 18 heavy (non-hydrogen) atoms. The lowest BCUT2D eigenvalue weighted by Gasteiger charge is -2.26. The third kappa shape index (κ3) is 3.59. The summed E-state index contributed by atoms with van der Waals surface area (Å²) >= 11 is 0. The molecule has 0 N–H and O–H groups in total. The van der Waals surface area contributed by atoms with Crippen LogP contribution in [0.5, 0.6) is 5.75 Å². The number of benzene rings is 1. The van der Waals surface area contributed by atoms with Crippen molar-refractivity contribution in [1.82, 2.24) is 0 Å². The topological polar surface area (TPSA) is 26.3 Å². The second-order valence-electron chi connectivity index (χ2n) is 6.08. The van der Waals surface area contributed by atoms with Gasteiger partial charge < -0.3 is 4.74 Å². The zero-order chi connectivity index (χ0) is 13.9. The lowest BCUT2D eigenvalue weighted by Crippen LogP contribution is -2.20. The van der Waals surface area contributed by atoms with Crippen molar-refractivity contribution in [3.8, 4) is 5.75 Å². The van der Waals surface area contributed by atoms with Crippen LogP contribution in [0.25, 0.3) is 0 Å². The fourth-order valence-corrected chi connectivity index (χ4v) is 1.75. The second kappa shape index (κ2) is 5.55. The van der Waals surface area contributed by atoms with Crippen molar-refractivity contribution in [3.05, 3.63) is 29.3 Å². The Labute approximate surface area is 110 Å². The summed E-state index contributed by atoms with van der Waals surface area (Å²) in [6, 6.07) is 5.63. The maximum absolute atomic E-state index is 12.2. The van der Waals surface area contributed by atoms with Crippen molar-refractivity contribution in [2.75, 3.05) is 7.11 Å². The van der Waals surface area contributed by atoms with Gasteiger partial charge in [-0.05, 0) is 42.0 Å². The highest BCUT2D eigenvalue weighted by atomic mass is 16.5. The molecular formula is C16H24O2. The summed E-state index contributed by atoms with van der Waals surface area (Å²) in [6.45, 7) is 10.6. The van der Waals surface area contributed by atoms with Gasteiger partial charge in [0, 0.05) is 12.0 Å². The Balaban J connectivity index is 2.82. The van der Waals surface area contributed by atoms with Gasteiger partial charge in [-0.25, -0.2) is 0 Å². The molecule has 1 aromatic carbocycles. The van der Waals surface area contributed by atoms with Crippen LogP contribution in [0.2, 0.25) is 0 Å². The highest BCUT2D eigenvalue weighted by Crippen LogP contribution is 2.29. The first-order valence-electron chi connectivity index (χ1n) is 6.43. The lowest BCUT2D eigenvalue weighted by molar-refractivity contribution is 0.0927. The molecule has 0 aliphatic heterocycles. The summed E-state index contributed by atoms with van der Waals surface area (Å²) in [5, 5.41) is 0. The molecule has 100 valence electrons. The van der Waals surface area contributed by atoms with E-state index in [1.807, 2.05) is 25.1 Å². The third-order valence-corrected chi connectivity index (χ3v) is 3.69. The minimum absolute atomic E-state index is 0.164. The molecule has 1 atom stereocenters. The van der Waals surface area contributed by atoms with Crippen molar-refractivity contribution in [1.29, 1.82) is 0 Å². The van der Waals surface area contributed by atoms with E-state index >= 15 is 0 Å². The number of ether oxygens (including phenoxy) is 1. The Bertz CT molecular complexity index is 427. The minimum atomic E-state index is 0.164. The van der Waals surface area contributed by atoms with Crippen LogP contribution in [0.3, 0.4) is 0 Å². The first-order valence-corrected chi connectivity index (χ1v) is 6.43. The molecule has 1 unspecified atom stereocenters. The van der Waals surface area contributed by atoms with Crippen LogP contribution in [-0.2, 0) is 0 Å². The van der Waals surface area contributed by atoms with Crippen LogP contribution in [0.1, 0.15) is 50.0 Å². The molecule has 0 aromatic heterocycles. The Hall–Kier alpha value is -1.31. The first kappa shape index (κ1) is 14.7. The molecule has 2 heteroatoms. The maximum atomic E-state index is 12.2. The molecule has 1 aromatic rings. The molecule has 0 amide bonds. The molecule has 1 rings (SSSR count). The Morgan fingerprint density at radius 2 is 1.94 bits per heavy atom. The third-order valence-electron chi connectivity index (χ3n) is 3.69. The Morgan fingerprint density at radius 3 is 2.39 bits per heavy atom. The second-order valence-corrected chi connectivity index (χ2v) is 6.08. The molecule has 0 saturated carbocycles. The molecule has 0 saturated heterocycles. The van der Waals surface area contributed by atoms with Gasteiger partial charge in [-0.3, -0.25) is 4.79 Å². The fraction of sp³-hybridized carbons (Fsp3) is 0.562. The van der Waals surface area contributed by atoms with Crippen LogP contribution in [0.15, 0.2) is 18.2 Å². The van der Waals surface area contributed by atoms with E-state index in [1.54, 1.807) is 7.11 Å². The molecular weight excluding hydrogens is 224 g/mol. The van der Waals surface area contributed by atoms with Gasteiger partial charge in [-0.1, -0.05) is 27.7 Å². The summed E-state index contributed by atoms with van der Waals surface area (Å²) in [7, 11) is 1.64. The molecule has 0 bridgehead atoms. The van der Waals surface area contributed by atoms with Crippen molar-refractivity contribution in [3.63, 3.8) is 0 Å². The van der Waals surface area contributed by atoms with Crippen molar-refractivity contribution in [2.24, 2.45) is 11.3 Å². The average Bonchev–Trinajstić information content (AvgIpc) is 2.27. The normalized spacial score (nSPS) is 13.2. The van der Waals surface area contributed by atoms with E-state index in [2.05, 4.69) is 27.7 Å². The Kier molecular flexibility index (Phi) is 4.55. The predicted octanol–water partition coefficient (Wildman–Crippen LogP) is 4.26. The molecule has 2 nitrogen and oxygen atoms in total. The van der Waals surface area contributed by atoms with Gasteiger partial charge >= 0.3 is 0 Å². The minimum Gasteiger partial charge on any atom is -0.496 e. The van der Waals surface area contributed by atoms with E-state index in [1.165, 1.54) is 0 Å². The van der Waals surface area contributed by atoms with Crippen LogP contribution >= 0.6 is 0 Å². The number of rotatable bonds is 4. The van der Waals surface area contributed by atoms with E-state index in [0.717, 1.165) is 16.9 Å². The SMILES string of the molecule is COc1ccc(C(=O)CC(C)C(C)(C)C)cc1C. The lowest BCUT2D eigenvalue weighted by atomic mass is 9.78. The summed E-state index contributed by atoms with van der Waals surface area (Å²) < 4.78 is 5.20. The zero-order valence-electron chi connectivity index (χ0n) is 12.3. The fourth-order valence-electron chi connectivity index (χ4n) is 1.75. The summed E-state index contributed by atoms with van der Waals surface area (Å²) in [6.07, 6.45) is 0.593. The molecule has 0 heterocycles. The number of aryl methyl sites for hydroxylation is 1. The zero-order valence-corrected chi connectivity index (χ0v) is 12.3. The van der Waals surface area contributed by atoms with Gasteiger partial charge in [0.15, 0.2) is 5.78 Å². The number of hydrogen-bond donors (Lipinski definition) is 0. The number of carbonyl (C=O) groups is 1. The van der Waals surface area contributed by atoms with Crippen LogP contribution in [-0.4, -0.2) is 12.9 Å². The van der Waals surface area contributed by atoms with E-state index in [-0.39, 0.29) is 11.2 Å². The van der Waals surface area contributed by atoms with Crippen molar-refractivity contribution >= 4 is 5.78 Å². The average molecular weight is 248 g/mol. The molecule has 0 radical (unpaired) electrons. The van der Waals surface area contributed by atoms with Crippen molar-refractivity contribution in [2.45, 2.75) is 41.0 Å². The number of methoxy groups -OCH3 is 1. The maximum Gasteiger partial charge on any atom is 0.163 e. The van der Waals surface area contributed by atoms with E-state index in [4.69, 9.17) is 4.74 Å². The summed E-state index contributed by atoms with van der Waals surface area (Å²) in [5.41, 5.74) is 1.95. The van der Waals surface area contributed by atoms with Gasteiger partial charge in [0.2, 0.25) is 0 Å². The predicted molar refractivity (Wildman–Crippen MR) is 75.3 cm³/mol. The van der Waals surface area contributed by atoms with Crippen LogP contribution < -0.4 is 4.74 Å². The Morgan fingerprint density at radius 1 is 1.33 bits per heavy atom. The quantitative estimate of drug-likeness (QED) is 0.744. The monoisotopic (exact) mass is 248 g/mol. The highest BCUT2D eigenvalue weighted by molar-refractivity contribution is 5.96. The van der Waals surface area contributed by atoms with Gasteiger partial charge in [0.1, 0.15) is 5.75 Å². The summed E-state index contributed by atoms with van der Waals surface area (Å²) in [4.78, 5) is 12.2. The largest absolute Gasteiger partial charge is 0.496 e. The van der Waals surface area contributed by atoms with Crippen LogP contribution in [0, 0.1) is 18.3 Å². The van der Waals surface area contributed by atoms with Gasteiger partial charge in [-0.2, -0.15) is 0 Å². The van der Waals surface area contributed by atoms with Gasteiger partial charge in [0.25, 0.3) is 0 Å². The van der Waals surface area contributed by atoms with Crippen LogP contribution in [0.4, 0.5) is 0 Å². The highest BCUT2D eigenvalue weighted by Gasteiger charge is 2.23. The smallest absolute Gasteiger partial charge is 0.163 e. The van der Waals surface area contributed by atoms with Gasteiger partial charge in [0.05, 0.1) is 7.11 Å². The standard InChI is InChI=1S/C16H24O2/c1-11-9-13(7-8-15(11)18-6)14(17)10-12(2)16(3,4)5/h7-9,12H,10H2,1-6H3. The number of carbonyl (C=O) groups excluding carboxylic acids is 1. The first-order chi connectivity index (χ1) is 8.25. The summed E-state index contributed by atoms with van der Waals surface area (Å²) in [5.74, 6) is 1.41. The molecule has 0 aliphatic rings.